The molecule has 1 N–H and O–H groups in total. The topological polar surface area (TPSA) is 72.5 Å². The number of carbonyl (C=O) groups excluding carboxylic acids is 3. The summed E-state index contributed by atoms with van der Waals surface area (Å²) in [5, 5.41) is 2.99. The number of nitrogens with one attached hydrogen (secondary N) is 1. The second-order valence-electron chi connectivity index (χ2n) is 4.56. The van der Waals surface area contributed by atoms with E-state index in [9.17, 15) is 14.4 Å². The second-order valence-corrected chi connectivity index (χ2v) is 4.97. The molecule has 1 amide bonds. The lowest BCUT2D eigenvalue weighted by atomic mass is 10.1. The van der Waals surface area contributed by atoms with Crippen LogP contribution in [0.3, 0.4) is 0 Å². The number of Topliss-reactive ketones (excluding diaryl/α,β-unsaturated/α-hetero) is 1. The first-order valence-corrected chi connectivity index (χ1v) is 6.65. The highest BCUT2D eigenvalue weighted by Crippen LogP contribution is 2.16. The van der Waals surface area contributed by atoms with E-state index in [0.29, 0.717) is 23.6 Å². The van der Waals surface area contributed by atoms with E-state index in [2.05, 4.69) is 5.32 Å². The van der Waals surface area contributed by atoms with Crippen molar-refractivity contribution in [3.63, 3.8) is 0 Å². The minimum atomic E-state index is -0.629. The van der Waals surface area contributed by atoms with Gasteiger partial charge in [-0.15, -0.1) is 0 Å². The summed E-state index contributed by atoms with van der Waals surface area (Å²) in [6, 6.07) is 6.36. The average molecular weight is 296 g/mol. The van der Waals surface area contributed by atoms with E-state index in [1.54, 1.807) is 24.3 Å². The Labute approximate surface area is 121 Å². The van der Waals surface area contributed by atoms with Gasteiger partial charge in [0.2, 0.25) is 5.91 Å². The van der Waals surface area contributed by atoms with Crippen LogP contribution in [-0.4, -0.2) is 30.3 Å². The number of hydrogen-bond donors (Lipinski definition) is 1. The predicted octanol–water partition coefficient (Wildman–Crippen LogP) is 1.27. The molecule has 0 aliphatic carbocycles. The predicted molar refractivity (Wildman–Crippen MR) is 72.3 cm³/mol. The quantitative estimate of drug-likeness (QED) is 0.656. The van der Waals surface area contributed by atoms with Crippen LogP contribution in [0, 0.1) is 0 Å². The Hall–Kier alpha value is -1.88. The van der Waals surface area contributed by atoms with Crippen LogP contribution >= 0.6 is 11.6 Å². The van der Waals surface area contributed by atoms with Gasteiger partial charge in [0.15, 0.2) is 0 Å². The van der Waals surface area contributed by atoms with Crippen LogP contribution in [-0.2, 0) is 25.5 Å². The Morgan fingerprint density at radius 3 is 2.75 bits per heavy atom. The Morgan fingerprint density at radius 1 is 1.35 bits per heavy atom. The molecule has 0 saturated carbocycles. The highest BCUT2D eigenvalue weighted by Gasteiger charge is 2.28. The maximum Gasteiger partial charge on any atom is 0.328 e. The van der Waals surface area contributed by atoms with Gasteiger partial charge in [-0.3, -0.25) is 9.59 Å². The van der Waals surface area contributed by atoms with Gasteiger partial charge in [0, 0.05) is 17.9 Å². The number of hydrogen-bond acceptors (Lipinski definition) is 4. The van der Waals surface area contributed by atoms with Gasteiger partial charge in [-0.2, -0.15) is 0 Å². The van der Waals surface area contributed by atoms with E-state index in [-0.39, 0.29) is 18.6 Å². The van der Waals surface area contributed by atoms with Crippen LogP contribution in [0.25, 0.3) is 0 Å². The number of amides is 1. The lowest BCUT2D eigenvalue weighted by Gasteiger charge is -2.08. The largest absolute Gasteiger partial charge is 0.464 e. The number of ketones is 1. The lowest BCUT2D eigenvalue weighted by molar-refractivity contribution is -0.141. The van der Waals surface area contributed by atoms with E-state index < -0.39 is 17.9 Å². The Kier molecular flexibility index (Phi) is 4.74. The number of esters is 1. The smallest absolute Gasteiger partial charge is 0.328 e. The molecule has 0 spiro atoms. The fourth-order valence-corrected chi connectivity index (χ4v) is 2.17. The zero-order chi connectivity index (χ0) is 14.5. The van der Waals surface area contributed by atoms with Crippen molar-refractivity contribution in [3.05, 3.63) is 34.9 Å². The Morgan fingerprint density at radius 2 is 2.10 bits per heavy atom. The molecule has 2 rings (SSSR count). The van der Waals surface area contributed by atoms with Crippen molar-refractivity contribution >= 4 is 29.3 Å². The molecule has 6 heteroatoms. The summed E-state index contributed by atoms with van der Waals surface area (Å²) in [7, 11) is 0. The molecular formula is C14H14ClNO4. The van der Waals surface area contributed by atoms with Crippen LogP contribution in [0.2, 0.25) is 5.02 Å². The first-order chi connectivity index (χ1) is 9.56. The third-order valence-corrected chi connectivity index (χ3v) is 3.34. The van der Waals surface area contributed by atoms with Gasteiger partial charge in [-0.25, -0.2) is 4.79 Å². The summed E-state index contributed by atoms with van der Waals surface area (Å²) in [4.78, 5) is 34.6. The van der Waals surface area contributed by atoms with Crippen molar-refractivity contribution < 1.29 is 19.1 Å². The molecule has 106 valence electrons. The molecule has 5 nitrogen and oxygen atoms in total. The van der Waals surface area contributed by atoms with Crippen LogP contribution in [0.15, 0.2) is 24.3 Å². The molecule has 0 bridgehead atoms. The van der Waals surface area contributed by atoms with Crippen molar-refractivity contribution in [1.29, 1.82) is 0 Å². The van der Waals surface area contributed by atoms with Gasteiger partial charge in [-0.05, 0) is 11.6 Å². The van der Waals surface area contributed by atoms with Crippen molar-refractivity contribution in [2.45, 2.75) is 25.3 Å². The molecule has 1 aromatic rings. The number of carbonyl (C=O) groups is 3. The molecule has 1 aliphatic rings. The molecule has 1 saturated heterocycles. The summed E-state index contributed by atoms with van der Waals surface area (Å²) in [6.45, 7) is 0.303. The van der Waals surface area contributed by atoms with Crippen LogP contribution in [0.5, 0.6) is 0 Å². The number of rotatable bonds is 5. The minimum Gasteiger partial charge on any atom is -0.464 e. The van der Waals surface area contributed by atoms with E-state index in [4.69, 9.17) is 16.3 Å². The highest BCUT2D eigenvalue weighted by atomic mass is 35.5. The van der Waals surface area contributed by atoms with E-state index >= 15 is 0 Å². The zero-order valence-corrected chi connectivity index (χ0v) is 11.5. The molecule has 0 radical (unpaired) electrons. The fraction of sp³-hybridized carbons (Fsp3) is 0.357. The second kappa shape index (κ2) is 6.52. The molecule has 20 heavy (non-hydrogen) atoms. The molecule has 1 aliphatic heterocycles. The summed E-state index contributed by atoms with van der Waals surface area (Å²) in [5.74, 6) is -1.16. The van der Waals surface area contributed by atoms with E-state index in [1.165, 1.54) is 0 Å². The van der Waals surface area contributed by atoms with Crippen molar-refractivity contribution in [2.75, 3.05) is 6.61 Å². The molecule has 0 aromatic heterocycles. The van der Waals surface area contributed by atoms with E-state index in [0.717, 1.165) is 0 Å². The third kappa shape index (κ3) is 3.81. The standard InChI is InChI=1S/C14H14ClNO4/c15-11-4-2-1-3-9(11)7-10(17)8-13(18)16-12-5-6-20-14(12)19/h1-4,12H,5-8H2,(H,16,18)/t12-/m1/s1. The van der Waals surface area contributed by atoms with E-state index in [1.807, 2.05) is 0 Å². The normalized spacial score (nSPS) is 17.6. The lowest BCUT2D eigenvalue weighted by Crippen LogP contribution is -2.38. The molecule has 0 unspecified atom stereocenters. The number of benzene rings is 1. The first kappa shape index (κ1) is 14.5. The zero-order valence-electron chi connectivity index (χ0n) is 10.7. The van der Waals surface area contributed by atoms with Crippen molar-refractivity contribution in [2.24, 2.45) is 0 Å². The summed E-state index contributed by atoms with van der Waals surface area (Å²) >= 11 is 5.95. The van der Waals surface area contributed by atoms with Crippen molar-refractivity contribution in [1.82, 2.24) is 5.32 Å². The van der Waals surface area contributed by atoms with Gasteiger partial charge >= 0.3 is 5.97 Å². The van der Waals surface area contributed by atoms with Gasteiger partial charge in [0.1, 0.15) is 11.8 Å². The maximum atomic E-state index is 11.8. The SMILES string of the molecule is O=C(CC(=O)N[C@@H]1CCOC1=O)Cc1ccccc1Cl. The number of cyclic esters (lactones) is 1. The Balaban J connectivity index is 1.84. The van der Waals surface area contributed by atoms with Gasteiger partial charge in [-0.1, -0.05) is 29.8 Å². The van der Waals surface area contributed by atoms with Gasteiger partial charge in [0.25, 0.3) is 0 Å². The molecule has 1 atom stereocenters. The molecular weight excluding hydrogens is 282 g/mol. The van der Waals surface area contributed by atoms with Gasteiger partial charge in [0.05, 0.1) is 13.0 Å². The molecule has 1 fully saturated rings. The average Bonchev–Trinajstić information content (AvgIpc) is 2.77. The minimum absolute atomic E-state index is 0.0994. The Bertz CT molecular complexity index is 544. The number of ether oxygens (including phenoxy) is 1. The number of halogens is 1. The van der Waals surface area contributed by atoms with Gasteiger partial charge < -0.3 is 10.1 Å². The fourth-order valence-electron chi connectivity index (χ4n) is 1.97. The monoisotopic (exact) mass is 295 g/mol. The first-order valence-electron chi connectivity index (χ1n) is 6.27. The summed E-state index contributed by atoms with van der Waals surface area (Å²) in [6.07, 6.45) is 0.278. The third-order valence-electron chi connectivity index (χ3n) is 2.97. The molecule has 1 heterocycles. The van der Waals surface area contributed by atoms with Crippen molar-refractivity contribution in [3.8, 4) is 0 Å². The summed E-state index contributed by atoms with van der Waals surface area (Å²) < 4.78 is 4.73. The van der Waals surface area contributed by atoms with Crippen LogP contribution < -0.4 is 5.32 Å². The highest BCUT2D eigenvalue weighted by molar-refractivity contribution is 6.31. The summed E-state index contributed by atoms with van der Waals surface area (Å²) in [5.41, 5.74) is 0.687. The van der Waals surface area contributed by atoms with Crippen LogP contribution in [0.1, 0.15) is 18.4 Å². The van der Waals surface area contributed by atoms with Crippen LogP contribution in [0.4, 0.5) is 0 Å². The maximum absolute atomic E-state index is 11.8. The molecule has 1 aromatic carbocycles.